The molecule has 6 heteroatoms. The third-order valence-corrected chi connectivity index (χ3v) is 5.90. The molecule has 0 spiro atoms. The Morgan fingerprint density at radius 3 is 2.50 bits per heavy atom. The van der Waals surface area contributed by atoms with E-state index in [1.54, 1.807) is 23.9 Å². The van der Waals surface area contributed by atoms with Gasteiger partial charge in [-0.3, -0.25) is 9.59 Å². The molecule has 0 unspecified atom stereocenters. The molecular weight excluding hydrogens is 378 g/mol. The first kappa shape index (κ1) is 20.3. The third kappa shape index (κ3) is 3.63. The quantitative estimate of drug-likeness (QED) is 0.672. The number of pyridine rings is 2. The molecular formula is C24H27N3O3. The molecule has 1 atom stereocenters. The smallest absolute Gasteiger partial charge is 0.258 e. The van der Waals surface area contributed by atoms with Crippen molar-refractivity contribution in [2.24, 2.45) is 13.0 Å². The normalized spacial score (nSPS) is 14.7. The van der Waals surface area contributed by atoms with Crippen molar-refractivity contribution in [2.45, 2.75) is 46.1 Å². The van der Waals surface area contributed by atoms with Crippen LogP contribution in [0.4, 0.5) is 5.82 Å². The van der Waals surface area contributed by atoms with E-state index in [0.717, 1.165) is 46.0 Å². The highest BCUT2D eigenvalue weighted by Gasteiger charge is 2.29. The molecule has 2 aromatic heterocycles. The minimum atomic E-state index is -0.510. The van der Waals surface area contributed by atoms with Crippen LogP contribution >= 0.6 is 0 Å². The molecule has 2 N–H and O–H groups in total. The van der Waals surface area contributed by atoms with Crippen LogP contribution in [0.3, 0.4) is 0 Å². The first-order chi connectivity index (χ1) is 14.3. The van der Waals surface area contributed by atoms with Crippen LogP contribution in [0.25, 0.3) is 22.0 Å². The summed E-state index contributed by atoms with van der Waals surface area (Å²) >= 11 is 0. The summed E-state index contributed by atoms with van der Waals surface area (Å²) in [6, 6.07) is 7.52. The number of amides is 1. The van der Waals surface area contributed by atoms with E-state index < -0.39 is 6.10 Å². The molecule has 0 aliphatic heterocycles. The number of benzene rings is 1. The van der Waals surface area contributed by atoms with E-state index in [2.05, 4.69) is 10.3 Å². The maximum Gasteiger partial charge on any atom is 0.258 e. The fraction of sp³-hybridized carbons (Fsp3) is 0.375. The number of rotatable bonds is 5. The lowest BCUT2D eigenvalue weighted by atomic mass is 9.91. The van der Waals surface area contributed by atoms with Crippen molar-refractivity contribution < 1.29 is 9.90 Å². The summed E-state index contributed by atoms with van der Waals surface area (Å²) in [7, 11) is 1.74. The van der Waals surface area contributed by atoms with Crippen LogP contribution in [0.2, 0.25) is 0 Å². The minimum absolute atomic E-state index is 0.0101. The van der Waals surface area contributed by atoms with Crippen LogP contribution < -0.4 is 10.9 Å². The van der Waals surface area contributed by atoms with E-state index in [9.17, 15) is 14.7 Å². The average molecular weight is 405 g/mol. The third-order valence-electron chi connectivity index (χ3n) is 5.90. The molecule has 1 fully saturated rings. The summed E-state index contributed by atoms with van der Waals surface area (Å²) in [5.74, 6) is 0.547. The number of fused-ring (bicyclic) bond motifs is 1. The van der Waals surface area contributed by atoms with Crippen LogP contribution in [0.1, 0.15) is 49.0 Å². The van der Waals surface area contributed by atoms with Gasteiger partial charge in [-0.05, 0) is 61.4 Å². The molecule has 1 aromatic carbocycles. The van der Waals surface area contributed by atoms with Gasteiger partial charge in [0, 0.05) is 36.2 Å². The van der Waals surface area contributed by atoms with Crippen molar-refractivity contribution in [3.63, 3.8) is 0 Å². The van der Waals surface area contributed by atoms with Gasteiger partial charge in [-0.1, -0.05) is 19.1 Å². The highest BCUT2D eigenvalue weighted by atomic mass is 16.3. The number of aliphatic hydroxyl groups is 1. The van der Waals surface area contributed by atoms with Crippen molar-refractivity contribution in [2.75, 3.05) is 5.32 Å². The number of aliphatic hydroxyl groups excluding tert-OH is 1. The highest BCUT2D eigenvalue weighted by molar-refractivity contribution is 5.95. The number of carbonyl (C=O) groups excluding carboxylic acids is 1. The molecule has 1 aliphatic carbocycles. The second kappa shape index (κ2) is 7.69. The van der Waals surface area contributed by atoms with Gasteiger partial charge in [-0.25, -0.2) is 4.98 Å². The van der Waals surface area contributed by atoms with Crippen molar-refractivity contribution >= 4 is 22.6 Å². The molecule has 4 rings (SSSR count). The van der Waals surface area contributed by atoms with Crippen LogP contribution in [-0.2, 0) is 11.8 Å². The van der Waals surface area contributed by atoms with Gasteiger partial charge in [0.2, 0.25) is 5.91 Å². The van der Waals surface area contributed by atoms with E-state index in [4.69, 9.17) is 0 Å². The van der Waals surface area contributed by atoms with Crippen LogP contribution in [0.5, 0.6) is 0 Å². The predicted octanol–water partition coefficient (Wildman–Crippen LogP) is 4.01. The monoisotopic (exact) mass is 405 g/mol. The summed E-state index contributed by atoms with van der Waals surface area (Å²) in [5.41, 5.74) is 4.88. The first-order valence-electron chi connectivity index (χ1n) is 10.4. The maximum absolute atomic E-state index is 13.2. The van der Waals surface area contributed by atoms with Crippen molar-refractivity contribution in [3.05, 3.63) is 57.5 Å². The Labute approximate surface area is 175 Å². The van der Waals surface area contributed by atoms with Crippen LogP contribution in [0, 0.1) is 19.8 Å². The van der Waals surface area contributed by atoms with Gasteiger partial charge in [0.05, 0.1) is 11.6 Å². The summed E-state index contributed by atoms with van der Waals surface area (Å²) < 4.78 is 1.60. The number of aryl methyl sites for hydroxylation is 3. The first-order valence-corrected chi connectivity index (χ1v) is 10.4. The zero-order valence-corrected chi connectivity index (χ0v) is 17.8. The molecule has 1 saturated carbocycles. The molecule has 30 heavy (non-hydrogen) atoms. The van der Waals surface area contributed by atoms with E-state index in [1.807, 2.05) is 39.0 Å². The SMILES string of the molecule is CC[C@@H](O)c1cc(C)c(-c2cc3cnc(NC(=O)C4CC4)cc3n(C)c2=O)c(C)c1. The topological polar surface area (TPSA) is 84.2 Å². The summed E-state index contributed by atoms with van der Waals surface area (Å²) in [4.78, 5) is 29.6. The van der Waals surface area contributed by atoms with Crippen molar-refractivity contribution in [3.8, 4) is 11.1 Å². The van der Waals surface area contributed by atoms with E-state index in [-0.39, 0.29) is 17.4 Å². The summed E-state index contributed by atoms with van der Waals surface area (Å²) in [5, 5.41) is 13.9. The van der Waals surface area contributed by atoms with Gasteiger partial charge >= 0.3 is 0 Å². The molecule has 3 aromatic rings. The van der Waals surface area contributed by atoms with Gasteiger partial charge in [-0.15, -0.1) is 0 Å². The van der Waals surface area contributed by atoms with E-state index >= 15 is 0 Å². The minimum Gasteiger partial charge on any atom is -0.388 e. The summed E-state index contributed by atoms with van der Waals surface area (Å²) in [6.07, 6.45) is 3.67. The van der Waals surface area contributed by atoms with Gasteiger partial charge in [0.1, 0.15) is 5.82 Å². The number of anilines is 1. The molecule has 2 heterocycles. The molecule has 6 nitrogen and oxygen atoms in total. The second-order valence-corrected chi connectivity index (χ2v) is 8.27. The van der Waals surface area contributed by atoms with Crippen molar-refractivity contribution in [1.29, 1.82) is 0 Å². The number of carbonyl (C=O) groups is 1. The number of hydrogen-bond donors (Lipinski definition) is 2. The largest absolute Gasteiger partial charge is 0.388 e. The van der Waals surface area contributed by atoms with Gasteiger partial charge in [0.25, 0.3) is 5.56 Å². The maximum atomic E-state index is 13.2. The number of aromatic nitrogens is 2. The second-order valence-electron chi connectivity index (χ2n) is 8.27. The fourth-order valence-corrected chi connectivity index (χ4v) is 4.04. The van der Waals surface area contributed by atoms with Gasteiger partial charge in [0.15, 0.2) is 0 Å². The Balaban J connectivity index is 1.80. The summed E-state index contributed by atoms with van der Waals surface area (Å²) in [6.45, 7) is 5.87. The highest BCUT2D eigenvalue weighted by Crippen LogP contribution is 2.32. The molecule has 1 amide bonds. The van der Waals surface area contributed by atoms with Gasteiger partial charge in [-0.2, -0.15) is 0 Å². The van der Waals surface area contributed by atoms with Crippen LogP contribution in [-0.4, -0.2) is 20.6 Å². The zero-order valence-electron chi connectivity index (χ0n) is 17.8. The fourth-order valence-electron chi connectivity index (χ4n) is 4.04. The average Bonchev–Trinajstić information content (AvgIpc) is 3.56. The Morgan fingerprint density at radius 1 is 1.23 bits per heavy atom. The lowest BCUT2D eigenvalue weighted by Crippen LogP contribution is -2.20. The molecule has 156 valence electrons. The number of nitrogens with zero attached hydrogens (tertiary/aromatic N) is 2. The molecule has 1 aliphatic rings. The Kier molecular flexibility index (Phi) is 5.20. The standard InChI is InChI=1S/C24H27N3O3/c1-5-20(28)16-8-13(2)22(14(3)9-16)18-10-17-12-25-21(26-23(29)15-6-7-15)11-19(17)27(4)24(18)30/h8-12,15,20,28H,5-7H2,1-4H3,(H,25,26,29)/t20-/m1/s1. The number of hydrogen-bond acceptors (Lipinski definition) is 4. The Hall–Kier alpha value is -2.99. The van der Waals surface area contributed by atoms with Crippen molar-refractivity contribution in [1.82, 2.24) is 9.55 Å². The molecule has 0 bridgehead atoms. The van der Waals surface area contributed by atoms with E-state index in [1.165, 1.54) is 0 Å². The Morgan fingerprint density at radius 2 is 1.90 bits per heavy atom. The molecule has 0 saturated heterocycles. The van der Waals surface area contributed by atoms with E-state index in [0.29, 0.717) is 17.8 Å². The van der Waals surface area contributed by atoms with Gasteiger partial charge < -0.3 is 15.0 Å². The lowest BCUT2D eigenvalue weighted by molar-refractivity contribution is -0.117. The zero-order chi connectivity index (χ0) is 21.6. The predicted molar refractivity (Wildman–Crippen MR) is 118 cm³/mol. The Bertz CT molecular complexity index is 1190. The lowest BCUT2D eigenvalue weighted by Gasteiger charge is -2.17. The van der Waals surface area contributed by atoms with Crippen LogP contribution in [0.15, 0.2) is 35.3 Å². The number of nitrogens with one attached hydrogen (secondary N) is 1. The molecule has 0 radical (unpaired) electrons.